The van der Waals surface area contributed by atoms with E-state index in [0.29, 0.717) is 5.56 Å². The van der Waals surface area contributed by atoms with Crippen molar-refractivity contribution in [2.45, 2.75) is 33.2 Å². The van der Waals surface area contributed by atoms with Gasteiger partial charge < -0.3 is 5.32 Å². The molecular formula is C16H25FN2O3S. The first-order valence-electron chi connectivity index (χ1n) is 7.75. The molecule has 0 aliphatic rings. The van der Waals surface area contributed by atoms with Crippen LogP contribution in [0.3, 0.4) is 0 Å². The maximum Gasteiger partial charge on any atom is 0.223 e. The molecule has 0 atom stereocenters. The van der Waals surface area contributed by atoms with E-state index < -0.39 is 10.0 Å². The molecule has 0 unspecified atom stereocenters. The van der Waals surface area contributed by atoms with Gasteiger partial charge in [-0.15, -0.1) is 0 Å². The Hall–Kier alpha value is -1.47. The minimum Gasteiger partial charge on any atom is -0.355 e. The van der Waals surface area contributed by atoms with Crippen LogP contribution in [0.1, 0.15) is 32.3 Å². The molecule has 0 saturated heterocycles. The largest absolute Gasteiger partial charge is 0.355 e. The quantitative estimate of drug-likeness (QED) is 0.746. The van der Waals surface area contributed by atoms with Crippen LogP contribution in [0.15, 0.2) is 24.3 Å². The van der Waals surface area contributed by atoms with Crippen LogP contribution in [-0.2, 0) is 21.4 Å². The summed E-state index contributed by atoms with van der Waals surface area (Å²) in [5.74, 6) is -0.457. The van der Waals surface area contributed by atoms with Crippen LogP contribution >= 0.6 is 0 Å². The summed E-state index contributed by atoms with van der Waals surface area (Å²) in [6.07, 6.45) is 2.64. The van der Waals surface area contributed by atoms with Crippen molar-refractivity contribution in [3.05, 3.63) is 35.6 Å². The molecule has 0 fully saturated rings. The molecule has 1 aromatic carbocycles. The van der Waals surface area contributed by atoms with Gasteiger partial charge in [-0.2, -0.15) is 4.31 Å². The highest BCUT2D eigenvalue weighted by atomic mass is 32.2. The number of nitrogens with zero attached hydrogens (tertiary/aromatic N) is 1. The Labute approximate surface area is 137 Å². The van der Waals surface area contributed by atoms with Crippen molar-refractivity contribution in [3.8, 4) is 0 Å². The van der Waals surface area contributed by atoms with E-state index >= 15 is 0 Å². The van der Waals surface area contributed by atoms with E-state index in [1.54, 1.807) is 12.1 Å². The zero-order valence-corrected chi connectivity index (χ0v) is 14.7. The Morgan fingerprint density at radius 3 is 2.26 bits per heavy atom. The molecule has 0 heterocycles. The number of halogens is 1. The Balaban J connectivity index is 2.63. The molecule has 0 bridgehead atoms. The van der Waals surface area contributed by atoms with Gasteiger partial charge >= 0.3 is 0 Å². The first-order valence-corrected chi connectivity index (χ1v) is 9.60. The second-order valence-electron chi connectivity index (χ2n) is 5.53. The predicted octanol–water partition coefficient (Wildman–Crippen LogP) is 2.14. The minimum atomic E-state index is -3.41. The van der Waals surface area contributed by atoms with Crippen molar-refractivity contribution in [3.63, 3.8) is 0 Å². The van der Waals surface area contributed by atoms with Crippen molar-refractivity contribution >= 4 is 15.9 Å². The third-order valence-electron chi connectivity index (χ3n) is 3.76. The van der Waals surface area contributed by atoms with Crippen LogP contribution in [0, 0.1) is 11.7 Å². The van der Waals surface area contributed by atoms with Crippen LogP contribution in [0.25, 0.3) is 0 Å². The summed E-state index contributed by atoms with van der Waals surface area (Å²) in [4.78, 5) is 11.9. The van der Waals surface area contributed by atoms with Gasteiger partial charge in [0.15, 0.2) is 0 Å². The monoisotopic (exact) mass is 344 g/mol. The van der Waals surface area contributed by atoms with Crippen molar-refractivity contribution in [2.24, 2.45) is 5.92 Å². The van der Waals surface area contributed by atoms with Gasteiger partial charge in [0.1, 0.15) is 5.82 Å². The maximum atomic E-state index is 12.9. The van der Waals surface area contributed by atoms with Gasteiger partial charge in [-0.1, -0.05) is 26.0 Å². The fourth-order valence-corrected chi connectivity index (χ4v) is 3.07. The number of nitrogens with one attached hydrogen (secondary N) is 1. The van der Waals surface area contributed by atoms with Crippen molar-refractivity contribution < 1.29 is 17.6 Å². The van der Waals surface area contributed by atoms with Gasteiger partial charge in [-0.25, -0.2) is 12.8 Å². The zero-order chi connectivity index (χ0) is 17.5. The average Bonchev–Trinajstić information content (AvgIpc) is 2.48. The molecule has 1 aromatic rings. The first-order chi connectivity index (χ1) is 10.8. The van der Waals surface area contributed by atoms with E-state index in [2.05, 4.69) is 5.32 Å². The van der Waals surface area contributed by atoms with E-state index in [0.717, 1.165) is 19.1 Å². The van der Waals surface area contributed by atoms with Crippen molar-refractivity contribution in [2.75, 3.05) is 19.3 Å². The molecule has 1 amide bonds. The molecule has 0 spiro atoms. The zero-order valence-electron chi connectivity index (χ0n) is 13.9. The molecular weight excluding hydrogens is 319 g/mol. The predicted molar refractivity (Wildman–Crippen MR) is 88.7 cm³/mol. The highest BCUT2D eigenvalue weighted by Crippen LogP contribution is 2.10. The number of rotatable bonds is 9. The minimum absolute atomic E-state index is 0.0428. The van der Waals surface area contributed by atoms with Gasteiger partial charge in [0, 0.05) is 25.6 Å². The smallest absolute Gasteiger partial charge is 0.223 e. The summed E-state index contributed by atoms with van der Waals surface area (Å²) in [6, 6.07) is 5.70. The molecule has 0 aromatic heterocycles. The molecule has 1 rings (SSSR count). The Kier molecular flexibility index (Phi) is 7.64. The number of benzene rings is 1. The Bertz CT molecular complexity index is 598. The molecule has 1 N–H and O–H groups in total. The van der Waals surface area contributed by atoms with Crippen molar-refractivity contribution in [1.29, 1.82) is 0 Å². The topological polar surface area (TPSA) is 66.5 Å². The molecule has 7 heteroatoms. The highest BCUT2D eigenvalue weighted by Gasteiger charge is 2.18. The van der Waals surface area contributed by atoms with E-state index in [1.807, 2.05) is 13.8 Å². The number of sulfonamides is 1. The van der Waals surface area contributed by atoms with Gasteiger partial charge in [0.2, 0.25) is 15.9 Å². The molecule has 130 valence electrons. The normalized spacial score (nSPS) is 11.9. The molecule has 0 aliphatic carbocycles. The number of carbonyl (C=O) groups is 1. The molecule has 5 nitrogen and oxygen atoms in total. The molecule has 0 saturated carbocycles. The van der Waals surface area contributed by atoms with Crippen LogP contribution in [0.5, 0.6) is 0 Å². The molecule has 0 aliphatic heterocycles. The number of carbonyl (C=O) groups excluding carboxylic acids is 1. The SMILES string of the molecule is CCC(CC)C(=O)NCCN(Cc1ccc(F)cc1)S(C)(=O)=O. The van der Waals surface area contributed by atoms with Crippen LogP contribution < -0.4 is 5.32 Å². The lowest BCUT2D eigenvalue weighted by Crippen LogP contribution is -2.39. The van der Waals surface area contributed by atoms with Crippen molar-refractivity contribution in [1.82, 2.24) is 9.62 Å². The first kappa shape index (κ1) is 19.6. The molecule has 0 radical (unpaired) electrons. The Morgan fingerprint density at radius 1 is 1.22 bits per heavy atom. The summed E-state index contributed by atoms with van der Waals surface area (Å²) in [5.41, 5.74) is 0.697. The van der Waals surface area contributed by atoms with E-state index in [9.17, 15) is 17.6 Å². The lowest BCUT2D eigenvalue weighted by molar-refractivity contribution is -0.125. The summed E-state index contributed by atoms with van der Waals surface area (Å²) < 4.78 is 37.9. The van der Waals surface area contributed by atoms with E-state index in [-0.39, 0.29) is 37.3 Å². The third kappa shape index (κ3) is 6.66. The number of hydrogen-bond acceptors (Lipinski definition) is 3. The molecule has 23 heavy (non-hydrogen) atoms. The summed E-state index contributed by atoms with van der Waals surface area (Å²) in [6.45, 7) is 4.49. The second-order valence-corrected chi connectivity index (χ2v) is 7.51. The van der Waals surface area contributed by atoms with Crippen LogP contribution in [-0.4, -0.2) is 38.0 Å². The van der Waals surface area contributed by atoms with Gasteiger partial charge in [-0.3, -0.25) is 4.79 Å². The lowest BCUT2D eigenvalue weighted by Gasteiger charge is -2.21. The number of hydrogen-bond donors (Lipinski definition) is 1. The maximum absolute atomic E-state index is 12.9. The summed E-state index contributed by atoms with van der Waals surface area (Å²) >= 11 is 0. The Morgan fingerprint density at radius 2 is 1.78 bits per heavy atom. The van der Waals surface area contributed by atoms with Gasteiger partial charge in [0.05, 0.1) is 6.26 Å². The average molecular weight is 344 g/mol. The number of amides is 1. The third-order valence-corrected chi connectivity index (χ3v) is 5.01. The van der Waals surface area contributed by atoms with Crippen LogP contribution in [0.4, 0.5) is 4.39 Å². The lowest BCUT2D eigenvalue weighted by atomic mass is 10.0. The summed E-state index contributed by atoms with van der Waals surface area (Å²) in [5, 5.41) is 2.78. The van der Waals surface area contributed by atoms with E-state index in [1.165, 1.54) is 16.4 Å². The van der Waals surface area contributed by atoms with Gasteiger partial charge in [0.25, 0.3) is 0 Å². The fraction of sp³-hybridized carbons (Fsp3) is 0.562. The fourth-order valence-electron chi connectivity index (χ4n) is 2.26. The van der Waals surface area contributed by atoms with Crippen LogP contribution in [0.2, 0.25) is 0 Å². The van der Waals surface area contributed by atoms with Gasteiger partial charge in [-0.05, 0) is 30.5 Å². The standard InChI is InChI=1S/C16H25FN2O3S/c1-4-14(5-2)16(20)18-10-11-19(23(3,21)22)12-13-6-8-15(17)9-7-13/h6-9,14H,4-5,10-12H2,1-3H3,(H,18,20). The summed E-state index contributed by atoms with van der Waals surface area (Å²) in [7, 11) is -3.41. The van der Waals surface area contributed by atoms with E-state index in [4.69, 9.17) is 0 Å². The second kappa shape index (κ2) is 8.98. The highest BCUT2D eigenvalue weighted by molar-refractivity contribution is 7.88.